The van der Waals surface area contributed by atoms with Gasteiger partial charge in [0.25, 0.3) is 0 Å². The van der Waals surface area contributed by atoms with E-state index in [0.717, 1.165) is 33.4 Å². The van der Waals surface area contributed by atoms with Gasteiger partial charge in [0, 0.05) is 37.1 Å². The fraction of sp³-hybridized carbons (Fsp3) is 0.391. The normalized spacial score (nSPS) is 14.2. The third-order valence-corrected chi connectivity index (χ3v) is 6.16. The van der Waals surface area contributed by atoms with E-state index in [-0.39, 0.29) is 5.91 Å². The molecule has 1 aliphatic rings. The van der Waals surface area contributed by atoms with E-state index in [2.05, 4.69) is 29.3 Å². The summed E-state index contributed by atoms with van der Waals surface area (Å²) in [7, 11) is 0. The number of carbonyl (C=O) groups excluding carboxylic acids is 1. The number of furan rings is 1. The van der Waals surface area contributed by atoms with Crippen molar-refractivity contribution in [2.24, 2.45) is 0 Å². The SMILES string of the molecule is Cc1ccc2c(CC(=O)N3CCN(c4nnc(C)c(C)c4C#N)CC3)coc2c1C. The van der Waals surface area contributed by atoms with Crippen molar-refractivity contribution >= 4 is 22.7 Å². The van der Waals surface area contributed by atoms with Gasteiger partial charge in [0.1, 0.15) is 17.2 Å². The quantitative estimate of drug-likeness (QED) is 0.667. The molecule has 30 heavy (non-hydrogen) atoms. The Hall–Kier alpha value is -3.40. The second kappa shape index (κ2) is 7.79. The number of hydrogen-bond acceptors (Lipinski definition) is 6. The highest BCUT2D eigenvalue weighted by Gasteiger charge is 2.25. The summed E-state index contributed by atoms with van der Waals surface area (Å²) in [6, 6.07) is 6.35. The molecule has 0 spiro atoms. The van der Waals surface area contributed by atoms with Crippen LogP contribution in [-0.2, 0) is 11.2 Å². The molecule has 1 fully saturated rings. The number of aromatic nitrogens is 2. The van der Waals surface area contributed by atoms with Crippen LogP contribution in [0.25, 0.3) is 11.0 Å². The minimum atomic E-state index is 0.0854. The molecule has 0 radical (unpaired) electrons. The fourth-order valence-electron chi connectivity index (χ4n) is 3.92. The van der Waals surface area contributed by atoms with Gasteiger partial charge in [0.2, 0.25) is 5.91 Å². The number of nitrogens with zero attached hydrogens (tertiary/aromatic N) is 5. The van der Waals surface area contributed by atoms with Crippen molar-refractivity contribution in [3.8, 4) is 6.07 Å². The molecule has 3 heterocycles. The van der Waals surface area contributed by atoms with Gasteiger partial charge in [0.05, 0.1) is 18.4 Å². The van der Waals surface area contributed by atoms with Crippen LogP contribution in [0.3, 0.4) is 0 Å². The zero-order chi connectivity index (χ0) is 21.4. The van der Waals surface area contributed by atoms with Gasteiger partial charge in [0.15, 0.2) is 5.82 Å². The molecule has 0 unspecified atom stereocenters. The zero-order valence-corrected chi connectivity index (χ0v) is 17.8. The number of carbonyl (C=O) groups is 1. The predicted octanol–water partition coefficient (Wildman–Crippen LogP) is 3.22. The molecule has 0 saturated carbocycles. The number of fused-ring (bicyclic) bond motifs is 1. The lowest BCUT2D eigenvalue weighted by molar-refractivity contribution is -0.130. The van der Waals surface area contributed by atoms with Gasteiger partial charge in [-0.1, -0.05) is 12.1 Å². The number of benzene rings is 1. The van der Waals surface area contributed by atoms with Crippen LogP contribution in [-0.4, -0.2) is 47.2 Å². The van der Waals surface area contributed by atoms with Crippen molar-refractivity contribution < 1.29 is 9.21 Å². The molecule has 0 atom stereocenters. The zero-order valence-electron chi connectivity index (χ0n) is 17.8. The third kappa shape index (κ3) is 3.39. The van der Waals surface area contributed by atoms with E-state index in [1.54, 1.807) is 6.26 Å². The molecular weight excluding hydrogens is 378 g/mol. The van der Waals surface area contributed by atoms with Crippen LogP contribution in [0.1, 0.15) is 33.5 Å². The fourth-order valence-corrected chi connectivity index (χ4v) is 3.92. The Balaban J connectivity index is 1.45. The highest BCUT2D eigenvalue weighted by Crippen LogP contribution is 2.27. The average molecular weight is 403 g/mol. The highest BCUT2D eigenvalue weighted by atomic mass is 16.3. The van der Waals surface area contributed by atoms with E-state index in [1.165, 1.54) is 5.56 Å². The molecule has 1 amide bonds. The standard InChI is InChI=1S/C23H25N5O2/c1-14-5-6-19-18(13-30-22(19)15(14)2)11-21(29)27-7-9-28(10-8-27)23-20(12-24)16(3)17(4)25-26-23/h5-6,13H,7-11H2,1-4H3. The maximum Gasteiger partial charge on any atom is 0.227 e. The van der Waals surface area contributed by atoms with E-state index >= 15 is 0 Å². The van der Waals surface area contributed by atoms with Crippen LogP contribution >= 0.6 is 0 Å². The summed E-state index contributed by atoms with van der Waals surface area (Å²) in [5.41, 5.74) is 6.27. The molecule has 4 rings (SSSR count). The maximum absolute atomic E-state index is 12.9. The summed E-state index contributed by atoms with van der Waals surface area (Å²) < 4.78 is 5.75. The van der Waals surface area contributed by atoms with E-state index in [0.29, 0.717) is 44.0 Å². The summed E-state index contributed by atoms with van der Waals surface area (Å²) >= 11 is 0. The second-order valence-corrected chi connectivity index (χ2v) is 7.91. The molecule has 1 saturated heterocycles. The summed E-state index contributed by atoms with van der Waals surface area (Å²) in [6.45, 7) is 10.3. The molecule has 0 N–H and O–H groups in total. The highest BCUT2D eigenvalue weighted by molar-refractivity contribution is 5.89. The predicted molar refractivity (Wildman–Crippen MR) is 114 cm³/mol. The van der Waals surface area contributed by atoms with Crippen molar-refractivity contribution in [1.29, 1.82) is 5.26 Å². The van der Waals surface area contributed by atoms with Gasteiger partial charge in [-0.2, -0.15) is 10.4 Å². The van der Waals surface area contributed by atoms with E-state index in [9.17, 15) is 10.1 Å². The summed E-state index contributed by atoms with van der Waals surface area (Å²) in [5.74, 6) is 0.696. The summed E-state index contributed by atoms with van der Waals surface area (Å²) in [4.78, 5) is 16.8. The minimum Gasteiger partial charge on any atom is -0.464 e. The lowest BCUT2D eigenvalue weighted by Gasteiger charge is -2.35. The Morgan fingerprint density at radius 1 is 1.10 bits per heavy atom. The number of aryl methyl sites for hydroxylation is 3. The number of amides is 1. The first-order chi connectivity index (χ1) is 14.4. The first kappa shape index (κ1) is 19.9. The van der Waals surface area contributed by atoms with Crippen molar-refractivity contribution in [2.45, 2.75) is 34.1 Å². The van der Waals surface area contributed by atoms with E-state index < -0.39 is 0 Å². The topological polar surface area (TPSA) is 86.3 Å². The first-order valence-electron chi connectivity index (χ1n) is 10.1. The molecule has 1 aliphatic heterocycles. The van der Waals surface area contributed by atoms with Gasteiger partial charge in [-0.25, -0.2) is 0 Å². The average Bonchev–Trinajstić information content (AvgIpc) is 3.16. The van der Waals surface area contributed by atoms with Crippen molar-refractivity contribution in [2.75, 3.05) is 31.1 Å². The molecule has 0 bridgehead atoms. The Kier molecular flexibility index (Phi) is 5.17. The summed E-state index contributed by atoms with van der Waals surface area (Å²) in [6.07, 6.45) is 2.03. The third-order valence-electron chi connectivity index (χ3n) is 6.16. The Labute approximate surface area is 175 Å². The van der Waals surface area contributed by atoms with Gasteiger partial charge in [-0.15, -0.1) is 5.10 Å². The smallest absolute Gasteiger partial charge is 0.227 e. The number of rotatable bonds is 3. The second-order valence-electron chi connectivity index (χ2n) is 7.91. The van der Waals surface area contributed by atoms with E-state index in [1.807, 2.05) is 36.6 Å². The Bertz CT molecular complexity index is 1170. The molecule has 7 nitrogen and oxygen atoms in total. The van der Waals surface area contributed by atoms with Crippen LogP contribution in [0.5, 0.6) is 0 Å². The largest absolute Gasteiger partial charge is 0.464 e. The number of hydrogen-bond donors (Lipinski definition) is 0. The van der Waals surface area contributed by atoms with Gasteiger partial charge < -0.3 is 14.2 Å². The Morgan fingerprint density at radius 3 is 2.53 bits per heavy atom. The van der Waals surface area contributed by atoms with Crippen LogP contribution in [0.4, 0.5) is 5.82 Å². The Morgan fingerprint density at radius 2 is 1.83 bits per heavy atom. The van der Waals surface area contributed by atoms with Gasteiger partial charge in [-0.05, 0) is 44.4 Å². The maximum atomic E-state index is 12.9. The summed E-state index contributed by atoms with van der Waals surface area (Å²) in [5, 5.41) is 19.0. The number of piperazine rings is 1. The molecule has 0 aliphatic carbocycles. The van der Waals surface area contributed by atoms with Crippen LogP contribution in [0.2, 0.25) is 0 Å². The van der Waals surface area contributed by atoms with E-state index in [4.69, 9.17) is 4.42 Å². The molecule has 7 heteroatoms. The number of anilines is 1. The van der Waals surface area contributed by atoms with Crippen molar-refractivity contribution in [3.05, 3.63) is 51.9 Å². The molecule has 1 aromatic carbocycles. The number of nitriles is 1. The molecule has 2 aromatic heterocycles. The van der Waals surface area contributed by atoms with Crippen LogP contribution < -0.4 is 4.90 Å². The van der Waals surface area contributed by atoms with Crippen LogP contribution in [0, 0.1) is 39.0 Å². The molecule has 3 aromatic rings. The van der Waals surface area contributed by atoms with Crippen molar-refractivity contribution in [1.82, 2.24) is 15.1 Å². The molecular formula is C23H25N5O2. The molecule has 154 valence electrons. The monoisotopic (exact) mass is 403 g/mol. The minimum absolute atomic E-state index is 0.0854. The first-order valence-corrected chi connectivity index (χ1v) is 10.1. The lowest BCUT2D eigenvalue weighted by Crippen LogP contribution is -2.49. The van der Waals surface area contributed by atoms with Gasteiger partial charge in [-0.3, -0.25) is 4.79 Å². The van der Waals surface area contributed by atoms with Gasteiger partial charge >= 0.3 is 0 Å². The lowest BCUT2D eigenvalue weighted by atomic mass is 10.0. The van der Waals surface area contributed by atoms with Crippen LogP contribution in [0.15, 0.2) is 22.8 Å². The van der Waals surface area contributed by atoms with Crippen molar-refractivity contribution in [3.63, 3.8) is 0 Å².